The zero-order chi connectivity index (χ0) is 20.8. The lowest BCUT2D eigenvalue weighted by Gasteiger charge is -2.14. The van der Waals surface area contributed by atoms with Gasteiger partial charge in [0.05, 0.1) is 22.0 Å². The SMILES string of the molecule is Cc1nc(COc2ccc(C(=O)O[C@H](C)C(=O)Nc3ccccc3F)cc2)cs1. The number of hydrogen-bond donors (Lipinski definition) is 1. The van der Waals surface area contributed by atoms with Gasteiger partial charge in [-0.15, -0.1) is 11.3 Å². The van der Waals surface area contributed by atoms with Gasteiger partial charge in [0.15, 0.2) is 6.10 Å². The number of carbonyl (C=O) groups is 2. The monoisotopic (exact) mass is 414 g/mol. The average molecular weight is 414 g/mol. The molecule has 0 radical (unpaired) electrons. The van der Waals surface area contributed by atoms with Crippen LogP contribution < -0.4 is 10.1 Å². The van der Waals surface area contributed by atoms with Crippen LogP contribution in [-0.4, -0.2) is 23.0 Å². The molecular weight excluding hydrogens is 395 g/mol. The molecule has 150 valence electrons. The summed E-state index contributed by atoms with van der Waals surface area (Å²) in [4.78, 5) is 28.7. The number of amides is 1. The molecule has 6 nitrogen and oxygen atoms in total. The number of anilines is 1. The lowest BCUT2D eigenvalue weighted by molar-refractivity contribution is -0.123. The highest BCUT2D eigenvalue weighted by Gasteiger charge is 2.20. The van der Waals surface area contributed by atoms with Crippen molar-refractivity contribution in [1.29, 1.82) is 0 Å². The number of rotatable bonds is 7. The third kappa shape index (κ3) is 5.61. The van der Waals surface area contributed by atoms with E-state index < -0.39 is 23.8 Å². The van der Waals surface area contributed by atoms with E-state index >= 15 is 0 Å². The molecule has 0 spiro atoms. The highest BCUT2D eigenvalue weighted by atomic mass is 32.1. The summed E-state index contributed by atoms with van der Waals surface area (Å²) < 4.78 is 24.4. The Morgan fingerprint density at radius 2 is 1.90 bits per heavy atom. The highest BCUT2D eigenvalue weighted by molar-refractivity contribution is 7.09. The second-order valence-electron chi connectivity index (χ2n) is 6.19. The van der Waals surface area contributed by atoms with Crippen LogP contribution in [0.25, 0.3) is 0 Å². The molecule has 1 heterocycles. The molecular formula is C21H19FN2O4S. The molecule has 0 saturated heterocycles. The molecule has 3 rings (SSSR count). The summed E-state index contributed by atoms with van der Waals surface area (Å²) >= 11 is 1.55. The van der Waals surface area contributed by atoms with E-state index in [0.29, 0.717) is 12.4 Å². The molecule has 29 heavy (non-hydrogen) atoms. The van der Waals surface area contributed by atoms with E-state index in [1.54, 1.807) is 41.7 Å². The van der Waals surface area contributed by atoms with Crippen molar-refractivity contribution in [2.24, 2.45) is 0 Å². The molecule has 3 aromatic rings. The molecule has 1 N–H and O–H groups in total. The predicted octanol–water partition coefficient (Wildman–Crippen LogP) is 4.35. The molecule has 0 aliphatic heterocycles. The lowest BCUT2D eigenvalue weighted by Crippen LogP contribution is -2.30. The van der Waals surface area contributed by atoms with Crippen LogP contribution in [0.1, 0.15) is 28.0 Å². The van der Waals surface area contributed by atoms with Crippen LogP contribution in [0.15, 0.2) is 53.9 Å². The number of ether oxygens (including phenoxy) is 2. The number of benzene rings is 2. The Morgan fingerprint density at radius 3 is 2.55 bits per heavy atom. The largest absolute Gasteiger partial charge is 0.487 e. The van der Waals surface area contributed by atoms with Crippen LogP contribution >= 0.6 is 11.3 Å². The van der Waals surface area contributed by atoms with Crippen molar-refractivity contribution >= 4 is 28.9 Å². The maximum atomic E-state index is 13.6. The maximum Gasteiger partial charge on any atom is 0.338 e. The van der Waals surface area contributed by atoms with Gasteiger partial charge in [-0.05, 0) is 50.2 Å². The van der Waals surface area contributed by atoms with Gasteiger partial charge in [0, 0.05) is 5.38 Å². The van der Waals surface area contributed by atoms with E-state index in [1.807, 2.05) is 12.3 Å². The standard InChI is InChI=1S/C21H19FN2O4S/c1-13(20(25)24-19-6-4-3-5-18(19)22)28-21(26)15-7-9-17(10-8-15)27-11-16-12-29-14(2)23-16/h3-10,12-13H,11H2,1-2H3,(H,24,25)/t13-/m1/s1. The summed E-state index contributed by atoms with van der Waals surface area (Å²) in [6.45, 7) is 3.68. The highest BCUT2D eigenvalue weighted by Crippen LogP contribution is 2.17. The first-order valence-corrected chi connectivity index (χ1v) is 9.70. The molecule has 1 aromatic heterocycles. The Hall–Kier alpha value is -3.26. The molecule has 0 bridgehead atoms. The first-order valence-electron chi connectivity index (χ1n) is 8.82. The average Bonchev–Trinajstić information content (AvgIpc) is 3.13. The minimum Gasteiger partial charge on any atom is -0.487 e. The van der Waals surface area contributed by atoms with Gasteiger partial charge in [-0.2, -0.15) is 0 Å². The summed E-state index contributed by atoms with van der Waals surface area (Å²) in [6, 6.07) is 12.1. The zero-order valence-electron chi connectivity index (χ0n) is 15.8. The van der Waals surface area contributed by atoms with E-state index in [0.717, 1.165) is 10.7 Å². The van der Waals surface area contributed by atoms with Gasteiger partial charge in [0.25, 0.3) is 5.91 Å². The number of carbonyl (C=O) groups excluding carboxylic acids is 2. The fourth-order valence-electron chi connectivity index (χ4n) is 2.40. The molecule has 1 atom stereocenters. The molecule has 1 amide bonds. The van der Waals surface area contributed by atoms with Gasteiger partial charge >= 0.3 is 5.97 Å². The molecule has 0 fully saturated rings. The van der Waals surface area contributed by atoms with Crippen LogP contribution in [0.3, 0.4) is 0 Å². The summed E-state index contributed by atoms with van der Waals surface area (Å²) in [6.07, 6.45) is -1.09. The predicted molar refractivity (Wildman–Crippen MR) is 108 cm³/mol. The van der Waals surface area contributed by atoms with E-state index in [9.17, 15) is 14.0 Å². The second-order valence-corrected chi connectivity index (χ2v) is 7.25. The molecule has 0 unspecified atom stereocenters. The summed E-state index contributed by atoms with van der Waals surface area (Å²) in [7, 11) is 0. The minimum atomic E-state index is -1.09. The maximum absolute atomic E-state index is 13.6. The molecule has 2 aromatic carbocycles. The van der Waals surface area contributed by atoms with Gasteiger partial charge in [-0.1, -0.05) is 12.1 Å². The summed E-state index contributed by atoms with van der Waals surface area (Å²) in [5.41, 5.74) is 1.13. The Balaban J connectivity index is 1.53. The van der Waals surface area contributed by atoms with Crippen LogP contribution in [0.4, 0.5) is 10.1 Å². The molecule has 8 heteroatoms. The van der Waals surface area contributed by atoms with Gasteiger partial charge in [-0.25, -0.2) is 14.2 Å². The Kier molecular flexibility index (Phi) is 6.56. The van der Waals surface area contributed by atoms with Crippen molar-refractivity contribution in [3.8, 4) is 5.75 Å². The molecule has 0 aliphatic carbocycles. The Labute approximate surface area is 171 Å². The van der Waals surface area contributed by atoms with E-state index in [1.165, 1.54) is 25.1 Å². The van der Waals surface area contributed by atoms with Crippen molar-refractivity contribution in [3.63, 3.8) is 0 Å². The smallest absolute Gasteiger partial charge is 0.338 e. The normalized spacial score (nSPS) is 11.6. The number of halogens is 1. The Bertz CT molecular complexity index is 1000. The van der Waals surface area contributed by atoms with Crippen molar-refractivity contribution in [3.05, 3.63) is 76.0 Å². The number of nitrogens with one attached hydrogen (secondary N) is 1. The first-order chi connectivity index (χ1) is 13.9. The summed E-state index contributed by atoms with van der Waals surface area (Å²) in [5, 5.41) is 5.29. The molecule has 0 aliphatic rings. The number of thiazole rings is 1. The number of esters is 1. The minimum absolute atomic E-state index is 0.0252. The number of para-hydroxylation sites is 1. The van der Waals surface area contributed by atoms with Crippen molar-refractivity contribution < 1.29 is 23.5 Å². The quantitative estimate of drug-likeness (QED) is 0.582. The second kappa shape index (κ2) is 9.29. The number of aromatic nitrogens is 1. The fourth-order valence-corrected chi connectivity index (χ4v) is 3.00. The first kappa shape index (κ1) is 20.5. The van der Waals surface area contributed by atoms with Gasteiger partial charge in [0.2, 0.25) is 0 Å². The van der Waals surface area contributed by atoms with Crippen molar-refractivity contribution in [2.75, 3.05) is 5.32 Å². The van der Waals surface area contributed by atoms with Gasteiger partial charge in [-0.3, -0.25) is 4.79 Å². The van der Waals surface area contributed by atoms with Gasteiger partial charge < -0.3 is 14.8 Å². The van der Waals surface area contributed by atoms with Gasteiger partial charge in [0.1, 0.15) is 18.2 Å². The van der Waals surface area contributed by atoms with Crippen LogP contribution in [0, 0.1) is 12.7 Å². The Morgan fingerprint density at radius 1 is 1.17 bits per heavy atom. The number of aryl methyl sites for hydroxylation is 1. The summed E-state index contributed by atoms with van der Waals surface area (Å²) in [5.74, 6) is -1.27. The lowest BCUT2D eigenvalue weighted by atomic mass is 10.2. The van der Waals surface area contributed by atoms with E-state index in [-0.39, 0.29) is 11.3 Å². The van der Waals surface area contributed by atoms with Crippen molar-refractivity contribution in [1.82, 2.24) is 4.98 Å². The molecule has 0 saturated carbocycles. The third-order valence-corrected chi connectivity index (χ3v) is 4.75. The van der Waals surface area contributed by atoms with Crippen molar-refractivity contribution in [2.45, 2.75) is 26.6 Å². The van der Waals surface area contributed by atoms with Crippen LogP contribution in [0.2, 0.25) is 0 Å². The number of nitrogens with zero attached hydrogens (tertiary/aromatic N) is 1. The van der Waals surface area contributed by atoms with E-state index in [2.05, 4.69) is 10.3 Å². The fraction of sp³-hybridized carbons (Fsp3) is 0.190. The third-order valence-electron chi connectivity index (χ3n) is 3.93. The zero-order valence-corrected chi connectivity index (χ0v) is 16.7. The van der Waals surface area contributed by atoms with Crippen LogP contribution in [-0.2, 0) is 16.1 Å². The topological polar surface area (TPSA) is 77.5 Å². The van der Waals surface area contributed by atoms with Crippen LogP contribution in [0.5, 0.6) is 5.75 Å². The number of hydrogen-bond acceptors (Lipinski definition) is 6. The van der Waals surface area contributed by atoms with E-state index in [4.69, 9.17) is 9.47 Å².